The first-order valence-electron chi connectivity index (χ1n) is 21.9. The second-order valence-electron chi connectivity index (χ2n) is 16.6. The Hall–Kier alpha value is -4.68. The van der Waals surface area contributed by atoms with Crippen LogP contribution in [0.1, 0.15) is 119 Å². The number of thiazole rings is 2. The summed E-state index contributed by atoms with van der Waals surface area (Å²) in [5.41, 5.74) is 46.3. The fourth-order valence-corrected chi connectivity index (χ4v) is 6.72. The molecule has 8 heterocycles. The smallest absolute Gasteiger partial charge is 0.227 e. The number of carbonyl (C=O) groups is 1. The fourth-order valence-electron chi connectivity index (χ4n) is 5.50. The molecule has 69 heavy (non-hydrogen) atoms. The van der Waals surface area contributed by atoms with Crippen LogP contribution in [-0.2, 0) is 4.79 Å². The van der Waals surface area contributed by atoms with Crippen LogP contribution in [0.5, 0.6) is 0 Å². The van der Waals surface area contributed by atoms with Crippen LogP contribution >= 0.6 is 34.2 Å². The number of pyridine rings is 1. The topological polar surface area (TPSA) is 343 Å². The van der Waals surface area contributed by atoms with Crippen LogP contribution in [-0.4, -0.2) is 102 Å². The first-order chi connectivity index (χ1) is 30.8. The van der Waals surface area contributed by atoms with E-state index < -0.39 is 0 Å². The summed E-state index contributed by atoms with van der Waals surface area (Å²) in [5, 5.41) is 9.48. The number of likely N-dealkylation sites (tertiary alicyclic amines) is 1. The van der Waals surface area contributed by atoms with Gasteiger partial charge in [0.05, 0.1) is 34.8 Å². The van der Waals surface area contributed by atoms with Gasteiger partial charge in [0.1, 0.15) is 28.5 Å². The number of nitrogens with two attached hydrogens (primary N) is 8. The highest BCUT2D eigenvalue weighted by Gasteiger charge is 2.29. The van der Waals surface area contributed by atoms with Gasteiger partial charge in [0.15, 0.2) is 5.13 Å². The quantitative estimate of drug-likeness (QED) is 0.0730. The molecule has 0 radical (unpaired) electrons. The van der Waals surface area contributed by atoms with Gasteiger partial charge in [-0.3, -0.25) is 14.8 Å². The maximum absolute atomic E-state index is 11.8. The summed E-state index contributed by atoms with van der Waals surface area (Å²) in [4.78, 5) is 36.2. The average molecular weight is 1020 g/mol. The third kappa shape index (κ3) is 39.8. The van der Waals surface area contributed by atoms with E-state index in [4.69, 9.17) is 45.9 Å². The molecule has 2 unspecified atom stereocenters. The predicted molar refractivity (Wildman–Crippen MR) is 301 cm³/mol. The Labute approximate surface area is 428 Å². The monoisotopic (exact) mass is 1020 g/mol. The van der Waals surface area contributed by atoms with Crippen molar-refractivity contribution in [2.75, 3.05) is 67.9 Å². The number of anilines is 5. The number of carbonyl (C=O) groups excluding carboxylic acids is 1. The SMILES string of the molecule is C.C.C.C.CC(C)(C)C(=O)N1CCCC(N)C1.CC1CNC1.Cc1ccc(N)cn1.Cc1ncc(N)s1.NC1CCCC1.NC1CCCNC1.Nc1ccncn1.Nc1cncs1.Nc1ncns1. The van der Waals surface area contributed by atoms with E-state index >= 15 is 0 Å². The molecule has 0 aromatic carbocycles. The number of hydrogen-bond acceptors (Lipinski definition) is 21. The molecular weight excluding hydrogens is 929 g/mol. The lowest BCUT2D eigenvalue weighted by atomic mass is 9.93. The number of aryl methyl sites for hydroxylation is 2. The van der Waals surface area contributed by atoms with E-state index in [-0.39, 0.29) is 47.1 Å². The first kappa shape index (κ1) is 70.9. The van der Waals surface area contributed by atoms with Crippen LogP contribution in [0.3, 0.4) is 0 Å². The van der Waals surface area contributed by atoms with E-state index in [0.717, 1.165) is 71.3 Å². The van der Waals surface area contributed by atoms with Crippen LogP contribution in [0.15, 0.2) is 61.2 Å². The Morgan fingerprint density at radius 3 is 1.59 bits per heavy atom. The average Bonchev–Trinajstić information content (AvgIpc) is 4.12. The van der Waals surface area contributed by atoms with Crippen molar-refractivity contribution in [2.24, 2.45) is 28.5 Å². The minimum Gasteiger partial charge on any atom is -0.397 e. The molecule has 18 N–H and O–H groups in total. The lowest BCUT2D eigenvalue weighted by Crippen LogP contribution is -2.49. The number of hydrogen-bond donors (Lipinski definition) is 10. The van der Waals surface area contributed by atoms with E-state index in [1.165, 1.54) is 98.5 Å². The highest BCUT2D eigenvalue weighted by molar-refractivity contribution is 7.15. The number of aromatic nitrogens is 7. The van der Waals surface area contributed by atoms with Gasteiger partial charge in [-0.2, -0.15) is 4.37 Å². The molecule has 4 aliphatic rings. The number of piperidine rings is 2. The van der Waals surface area contributed by atoms with Gasteiger partial charge in [-0.25, -0.2) is 19.9 Å². The van der Waals surface area contributed by atoms with Crippen molar-refractivity contribution in [1.82, 2.24) is 49.8 Å². The van der Waals surface area contributed by atoms with Gasteiger partial charge < -0.3 is 61.4 Å². The molecule has 19 nitrogen and oxygen atoms in total. The van der Waals surface area contributed by atoms with Gasteiger partial charge in [-0.05, 0) is 96.1 Å². The molecule has 22 heteroatoms. The molecule has 1 amide bonds. The number of nitrogens with zero attached hydrogens (tertiary/aromatic N) is 8. The Kier molecular flexibility index (Phi) is 43.4. The molecule has 9 rings (SSSR count). The highest BCUT2D eigenvalue weighted by Crippen LogP contribution is 2.20. The molecule has 3 saturated heterocycles. The Bertz CT molecular complexity index is 1760. The lowest BCUT2D eigenvalue weighted by molar-refractivity contribution is -0.140. The maximum atomic E-state index is 11.8. The molecule has 1 aliphatic carbocycles. The largest absolute Gasteiger partial charge is 0.397 e. The molecule has 5 aromatic rings. The summed E-state index contributed by atoms with van der Waals surface area (Å²) in [6.45, 7) is 18.2. The Balaban J connectivity index is -0.000000346. The predicted octanol–water partition coefficient (Wildman–Crippen LogP) is 7.25. The molecule has 0 spiro atoms. The number of nitrogen functional groups attached to an aromatic ring is 5. The Morgan fingerprint density at radius 2 is 1.35 bits per heavy atom. The van der Waals surface area contributed by atoms with Crippen molar-refractivity contribution in [3.63, 3.8) is 0 Å². The van der Waals surface area contributed by atoms with Crippen molar-refractivity contribution < 1.29 is 4.79 Å². The van der Waals surface area contributed by atoms with Crippen LogP contribution < -0.4 is 56.5 Å². The van der Waals surface area contributed by atoms with Gasteiger partial charge in [-0.1, -0.05) is 70.2 Å². The maximum Gasteiger partial charge on any atom is 0.227 e. The molecular formula is C47H94N18OS3. The van der Waals surface area contributed by atoms with Gasteiger partial charge in [0.25, 0.3) is 0 Å². The zero-order valence-electron chi connectivity index (χ0n) is 39.3. The third-order valence-corrected chi connectivity index (χ3v) is 11.0. The summed E-state index contributed by atoms with van der Waals surface area (Å²) in [5.74, 6) is 1.69. The van der Waals surface area contributed by atoms with Crippen LogP contribution in [0.4, 0.5) is 26.6 Å². The zero-order chi connectivity index (χ0) is 48.5. The minimum atomic E-state index is -0.267. The molecule has 3 aliphatic heterocycles. The van der Waals surface area contributed by atoms with Crippen molar-refractivity contribution in [2.45, 2.75) is 141 Å². The standard InChI is InChI=1S/C10H20N2O.C6H8N2.C5H12N2.C5H11N.C4H5N3.C4H6N2S.C4H9N.C3H4N2S.C2H3N3S.4CH4/c1-10(2,3)9(13)12-6-4-5-8(11)7-12;1-5-2-3-6(7)4-8-5;6-5-2-1-3-7-4-5;6-5-3-1-2-4-5;5-4-1-2-6-3-7-4;1-3-6-2-4(5)7-3;1-4-2-5-3-4;4-3-1-5-2-6-3;3-2-4-1-5-6-2;;;;/h8H,4-7,11H2,1-3H3;2-4H,7H2,1H3;5,7H,1-4,6H2;5H,1-4,6H2;1-3H,(H2,5,6,7);2H,5H2,1H3;4-5H,2-3H2,1H3;1-2H,4H2;1H,(H2,3,4,5);4*1H4. The summed E-state index contributed by atoms with van der Waals surface area (Å²) in [7, 11) is 0. The molecule has 2 atom stereocenters. The third-order valence-electron chi connectivity index (χ3n) is 9.12. The second-order valence-corrected chi connectivity index (χ2v) is 19.6. The molecule has 4 fully saturated rings. The summed E-state index contributed by atoms with van der Waals surface area (Å²) < 4.78 is 3.63. The summed E-state index contributed by atoms with van der Waals surface area (Å²) >= 11 is 4.15. The number of rotatable bonds is 0. The number of amides is 1. The first-order valence-corrected chi connectivity index (χ1v) is 24.3. The fraction of sp³-hybridized carbons (Fsp3) is 0.617. The van der Waals surface area contributed by atoms with E-state index in [0.29, 0.717) is 23.0 Å². The second kappa shape index (κ2) is 42.2. The molecule has 1 saturated carbocycles. The van der Waals surface area contributed by atoms with Gasteiger partial charge in [-0.15, -0.1) is 22.7 Å². The normalized spacial score (nSPS) is 16.4. The highest BCUT2D eigenvalue weighted by atomic mass is 32.1. The van der Waals surface area contributed by atoms with Crippen molar-refractivity contribution in [1.29, 1.82) is 0 Å². The van der Waals surface area contributed by atoms with E-state index in [9.17, 15) is 4.79 Å². The van der Waals surface area contributed by atoms with E-state index in [1.807, 2.05) is 51.7 Å². The lowest BCUT2D eigenvalue weighted by Gasteiger charge is -2.35. The van der Waals surface area contributed by atoms with Crippen molar-refractivity contribution >= 4 is 66.8 Å². The van der Waals surface area contributed by atoms with Gasteiger partial charge in [0.2, 0.25) is 5.91 Å². The van der Waals surface area contributed by atoms with Crippen molar-refractivity contribution in [3.8, 4) is 0 Å². The molecule has 5 aromatic heterocycles. The zero-order valence-corrected chi connectivity index (χ0v) is 41.8. The van der Waals surface area contributed by atoms with E-state index in [1.54, 1.807) is 36.4 Å². The van der Waals surface area contributed by atoms with Crippen LogP contribution in [0.2, 0.25) is 0 Å². The summed E-state index contributed by atoms with van der Waals surface area (Å²) in [6, 6.07) is 6.51. The van der Waals surface area contributed by atoms with Crippen LogP contribution in [0.25, 0.3) is 0 Å². The molecule has 396 valence electrons. The van der Waals surface area contributed by atoms with Gasteiger partial charge >= 0.3 is 0 Å². The van der Waals surface area contributed by atoms with Crippen LogP contribution in [0, 0.1) is 25.2 Å². The summed E-state index contributed by atoms with van der Waals surface area (Å²) in [6.07, 6.45) is 19.2. The minimum absolute atomic E-state index is 0. The van der Waals surface area contributed by atoms with E-state index in [2.05, 4.69) is 51.8 Å². The molecule has 0 bridgehead atoms. The van der Waals surface area contributed by atoms with Gasteiger partial charge in [0, 0.05) is 66.6 Å². The Morgan fingerprint density at radius 1 is 0.710 bits per heavy atom. The number of nitrogens with one attached hydrogen (secondary N) is 2. The van der Waals surface area contributed by atoms with Crippen molar-refractivity contribution in [3.05, 3.63) is 71.9 Å².